The van der Waals surface area contributed by atoms with Gasteiger partial charge in [0, 0.05) is 23.5 Å². The first-order valence-electron chi connectivity index (χ1n) is 3.64. The van der Waals surface area contributed by atoms with Crippen molar-refractivity contribution in [1.29, 1.82) is 0 Å². The molecule has 0 N–H and O–H groups in total. The molecule has 0 amide bonds. The Kier molecular flexibility index (Phi) is 8.34. The van der Waals surface area contributed by atoms with Crippen LogP contribution in [0.3, 0.4) is 0 Å². The molecule has 0 unspecified atom stereocenters. The predicted octanol–water partition coefficient (Wildman–Crippen LogP) is 1.78. The van der Waals surface area contributed by atoms with Gasteiger partial charge in [-0.2, -0.15) is 0 Å². The SMILES string of the molecule is CCCOCCCC[Si]. The van der Waals surface area contributed by atoms with Gasteiger partial charge in [0.15, 0.2) is 0 Å². The van der Waals surface area contributed by atoms with Crippen LogP contribution >= 0.6 is 0 Å². The van der Waals surface area contributed by atoms with Gasteiger partial charge in [-0.3, -0.25) is 0 Å². The van der Waals surface area contributed by atoms with Crippen LogP contribution in [0.15, 0.2) is 0 Å². The molecule has 2 heteroatoms. The summed E-state index contributed by atoms with van der Waals surface area (Å²) >= 11 is 0. The van der Waals surface area contributed by atoms with Crippen molar-refractivity contribution in [2.24, 2.45) is 0 Å². The average molecular weight is 143 g/mol. The van der Waals surface area contributed by atoms with Crippen molar-refractivity contribution < 1.29 is 4.74 Å². The van der Waals surface area contributed by atoms with E-state index in [2.05, 4.69) is 17.2 Å². The molecule has 0 aromatic carbocycles. The highest BCUT2D eigenvalue weighted by molar-refractivity contribution is 6.08. The zero-order chi connectivity index (χ0) is 6.95. The molecule has 0 heterocycles. The molecule has 1 nitrogen and oxygen atoms in total. The Bertz CT molecular complexity index is 42.2. The van der Waals surface area contributed by atoms with Crippen molar-refractivity contribution in [2.45, 2.75) is 32.2 Å². The number of rotatable bonds is 6. The molecule has 0 atom stereocenters. The van der Waals surface area contributed by atoms with E-state index in [1.807, 2.05) is 0 Å². The second-order valence-electron chi connectivity index (χ2n) is 2.07. The summed E-state index contributed by atoms with van der Waals surface area (Å²) in [6, 6.07) is 1.09. The fraction of sp³-hybridized carbons (Fsp3) is 1.00. The van der Waals surface area contributed by atoms with Gasteiger partial charge in [-0.1, -0.05) is 19.4 Å². The largest absolute Gasteiger partial charge is 0.381 e. The summed E-state index contributed by atoms with van der Waals surface area (Å²) < 4.78 is 5.26. The number of unbranched alkanes of at least 4 members (excludes halogenated alkanes) is 1. The molecule has 0 bridgehead atoms. The molecular formula is C7H15OSi. The first kappa shape index (κ1) is 9.18. The molecule has 0 rings (SSSR count). The Hall–Kier alpha value is 0.177. The van der Waals surface area contributed by atoms with Crippen LogP contribution in [0.1, 0.15) is 26.2 Å². The van der Waals surface area contributed by atoms with Gasteiger partial charge in [0.2, 0.25) is 0 Å². The minimum absolute atomic E-state index is 0.918. The maximum Gasteiger partial charge on any atom is 0.0465 e. The van der Waals surface area contributed by atoms with E-state index < -0.39 is 0 Å². The van der Waals surface area contributed by atoms with Gasteiger partial charge >= 0.3 is 0 Å². The summed E-state index contributed by atoms with van der Waals surface area (Å²) in [6.07, 6.45) is 3.54. The fourth-order valence-electron chi connectivity index (χ4n) is 0.576. The lowest BCUT2D eigenvalue weighted by Gasteiger charge is -1.99. The summed E-state index contributed by atoms with van der Waals surface area (Å²) in [5.74, 6) is 0. The molecule has 0 aromatic rings. The van der Waals surface area contributed by atoms with Crippen molar-refractivity contribution in [1.82, 2.24) is 0 Å². The van der Waals surface area contributed by atoms with Gasteiger partial charge in [-0.05, 0) is 12.8 Å². The molecule has 0 aliphatic heterocycles. The lowest BCUT2D eigenvalue weighted by Crippen LogP contribution is -1.94. The van der Waals surface area contributed by atoms with Crippen LogP contribution in [0.4, 0.5) is 0 Å². The maximum atomic E-state index is 5.26. The number of hydrogen-bond donors (Lipinski definition) is 0. The smallest absolute Gasteiger partial charge is 0.0465 e. The number of hydrogen-bond acceptors (Lipinski definition) is 1. The van der Waals surface area contributed by atoms with E-state index in [0.717, 1.165) is 25.7 Å². The third-order valence-corrected chi connectivity index (χ3v) is 1.42. The summed E-state index contributed by atoms with van der Waals surface area (Å²) in [7, 11) is 3.41. The van der Waals surface area contributed by atoms with Crippen LogP contribution in [-0.2, 0) is 4.74 Å². The first-order chi connectivity index (χ1) is 4.41. The van der Waals surface area contributed by atoms with E-state index in [9.17, 15) is 0 Å². The summed E-state index contributed by atoms with van der Waals surface area (Å²) in [6.45, 7) is 3.98. The minimum Gasteiger partial charge on any atom is -0.381 e. The van der Waals surface area contributed by atoms with Gasteiger partial charge in [0.1, 0.15) is 0 Å². The molecule has 0 aliphatic carbocycles. The standard InChI is InChI=1S/C7H15OSi/c1-2-5-8-6-3-4-7-9/h2-7H2,1H3. The Labute approximate surface area is 61.2 Å². The van der Waals surface area contributed by atoms with Crippen LogP contribution < -0.4 is 0 Å². The lowest BCUT2D eigenvalue weighted by molar-refractivity contribution is 0.132. The molecule has 0 saturated carbocycles. The van der Waals surface area contributed by atoms with Crippen molar-refractivity contribution in [2.75, 3.05) is 13.2 Å². The van der Waals surface area contributed by atoms with E-state index in [1.165, 1.54) is 12.8 Å². The Morgan fingerprint density at radius 3 is 2.56 bits per heavy atom. The molecule has 0 aliphatic rings. The van der Waals surface area contributed by atoms with Gasteiger partial charge in [-0.15, -0.1) is 0 Å². The minimum atomic E-state index is 0.918. The van der Waals surface area contributed by atoms with Crippen LogP contribution in [0.5, 0.6) is 0 Å². The molecule has 0 fully saturated rings. The third kappa shape index (κ3) is 8.18. The highest BCUT2D eigenvalue weighted by Gasteiger charge is 1.84. The molecule has 0 spiro atoms. The predicted molar refractivity (Wildman–Crippen MR) is 40.9 cm³/mol. The van der Waals surface area contributed by atoms with Crippen molar-refractivity contribution in [3.63, 3.8) is 0 Å². The van der Waals surface area contributed by atoms with Crippen LogP contribution in [0, 0.1) is 0 Å². The molecule has 3 radical (unpaired) electrons. The summed E-state index contributed by atoms with van der Waals surface area (Å²) in [5.41, 5.74) is 0. The van der Waals surface area contributed by atoms with Crippen LogP contribution in [0.25, 0.3) is 0 Å². The van der Waals surface area contributed by atoms with E-state index in [-0.39, 0.29) is 0 Å². The van der Waals surface area contributed by atoms with Gasteiger partial charge in [-0.25, -0.2) is 0 Å². The van der Waals surface area contributed by atoms with Crippen molar-refractivity contribution >= 4 is 10.2 Å². The molecular weight excluding hydrogens is 128 g/mol. The second-order valence-corrected chi connectivity index (χ2v) is 2.57. The van der Waals surface area contributed by atoms with Gasteiger partial charge < -0.3 is 4.74 Å². The zero-order valence-corrected chi connectivity index (χ0v) is 7.15. The Morgan fingerprint density at radius 1 is 1.22 bits per heavy atom. The van der Waals surface area contributed by atoms with E-state index in [0.29, 0.717) is 0 Å². The third-order valence-electron chi connectivity index (χ3n) is 1.06. The number of ether oxygens (including phenoxy) is 1. The van der Waals surface area contributed by atoms with Gasteiger partial charge in [0.25, 0.3) is 0 Å². The van der Waals surface area contributed by atoms with E-state index in [1.54, 1.807) is 0 Å². The Balaban J connectivity index is 2.60. The second kappa shape index (κ2) is 8.18. The topological polar surface area (TPSA) is 9.23 Å². The van der Waals surface area contributed by atoms with E-state index in [4.69, 9.17) is 4.74 Å². The van der Waals surface area contributed by atoms with Crippen molar-refractivity contribution in [3.8, 4) is 0 Å². The molecule has 0 saturated heterocycles. The molecule has 0 aromatic heterocycles. The monoisotopic (exact) mass is 143 g/mol. The molecule has 9 heavy (non-hydrogen) atoms. The zero-order valence-electron chi connectivity index (χ0n) is 6.15. The van der Waals surface area contributed by atoms with Crippen LogP contribution in [-0.4, -0.2) is 23.5 Å². The fourth-order valence-corrected chi connectivity index (χ4v) is 0.826. The van der Waals surface area contributed by atoms with E-state index >= 15 is 0 Å². The van der Waals surface area contributed by atoms with Crippen LogP contribution in [0.2, 0.25) is 6.04 Å². The lowest BCUT2D eigenvalue weighted by atomic mass is 10.3. The Morgan fingerprint density at radius 2 is 2.00 bits per heavy atom. The first-order valence-corrected chi connectivity index (χ1v) is 4.35. The summed E-state index contributed by atoms with van der Waals surface area (Å²) in [5, 5.41) is 0. The normalized spacial score (nSPS) is 10.0. The van der Waals surface area contributed by atoms with Gasteiger partial charge in [0.05, 0.1) is 0 Å². The average Bonchev–Trinajstić information content (AvgIpc) is 1.89. The maximum absolute atomic E-state index is 5.26. The highest BCUT2D eigenvalue weighted by atomic mass is 28.1. The highest BCUT2D eigenvalue weighted by Crippen LogP contribution is 1.93. The quantitative estimate of drug-likeness (QED) is 0.407. The van der Waals surface area contributed by atoms with Crippen molar-refractivity contribution in [3.05, 3.63) is 0 Å². The molecule has 53 valence electrons. The summed E-state index contributed by atoms with van der Waals surface area (Å²) in [4.78, 5) is 0.